The van der Waals surface area contributed by atoms with Gasteiger partial charge in [0.1, 0.15) is 0 Å². The van der Waals surface area contributed by atoms with Crippen LogP contribution in [0.5, 0.6) is 0 Å². The lowest BCUT2D eigenvalue weighted by molar-refractivity contribution is 0.152. The summed E-state index contributed by atoms with van der Waals surface area (Å²) in [4.78, 5) is 2.61. The van der Waals surface area contributed by atoms with Crippen LogP contribution in [-0.2, 0) is 0 Å². The average molecular weight is 291 g/mol. The zero-order chi connectivity index (χ0) is 15.2. The van der Waals surface area contributed by atoms with Crippen molar-refractivity contribution in [3.63, 3.8) is 0 Å². The van der Waals surface area contributed by atoms with Gasteiger partial charge in [-0.15, -0.1) is 0 Å². The van der Waals surface area contributed by atoms with Crippen molar-refractivity contribution in [2.24, 2.45) is 0 Å². The van der Waals surface area contributed by atoms with Gasteiger partial charge in [-0.05, 0) is 50.6 Å². The van der Waals surface area contributed by atoms with E-state index in [9.17, 15) is 0 Å². The third-order valence-corrected chi connectivity index (χ3v) is 5.21. The Morgan fingerprint density at radius 3 is 2.52 bits per heavy atom. The maximum atomic E-state index is 4.64. The normalized spacial score (nSPS) is 27.4. The van der Waals surface area contributed by atoms with Crippen LogP contribution in [0.25, 0.3) is 0 Å². The first-order valence-electron chi connectivity index (χ1n) is 9.06. The highest BCUT2D eigenvalue weighted by molar-refractivity contribution is 5.14. The SMILES string of the molecule is CC.CCN1C[C@H](c2cnn(C3CCCC3)c2)CC[C@H]1C. The Morgan fingerprint density at radius 2 is 1.86 bits per heavy atom. The molecule has 1 aliphatic carbocycles. The molecule has 0 amide bonds. The lowest BCUT2D eigenvalue weighted by atomic mass is 9.89. The van der Waals surface area contributed by atoms with Gasteiger partial charge in [0, 0.05) is 18.8 Å². The zero-order valence-corrected chi connectivity index (χ0v) is 14.4. The quantitative estimate of drug-likeness (QED) is 0.810. The number of likely N-dealkylation sites (tertiary alicyclic amines) is 1. The lowest BCUT2D eigenvalue weighted by Crippen LogP contribution is -2.40. The summed E-state index contributed by atoms with van der Waals surface area (Å²) in [6, 6.07) is 1.43. The summed E-state index contributed by atoms with van der Waals surface area (Å²) in [6.07, 6.45) is 12.5. The van der Waals surface area contributed by atoms with Gasteiger partial charge >= 0.3 is 0 Å². The Bertz CT molecular complexity index is 406. The standard InChI is InChI=1S/C16H27N3.C2H6/c1-3-18-11-14(9-8-13(18)2)15-10-17-19(12-15)16-6-4-5-7-16;1-2/h10,12-14,16H,3-9,11H2,1-2H3;1-2H3/t13-,14-;/m1./s1. The van der Waals surface area contributed by atoms with Gasteiger partial charge in [-0.25, -0.2) is 0 Å². The molecule has 1 aromatic rings. The van der Waals surface area contributed by atoms with Crippen molar-refractivity contribution in [1.29, 1.82) is 0 Å². The Labute approximate surface area is 130 Å². The fourth-order valence-corrected chi connectivity index (χ4v) is 3.82. The molecular weight excluding hydrogens is 258 g/mol. The van der Waals surface area contributed by atoms with E-state index in [-0.39, 0.29) is 0 Å². The van der Waals surface area contributed by atoms with Gasteiger partial charge in [0.05, 0.1) is 12.2 Å². The van der Waals surface area contributed by atoms with E-state index in [2.05, 4.69) is 40.9 Å². The molecule has 0 radical (unpaired) electrons. The van der Waals surface area contributed by atoms with Gasteiger partial charge in [-0.1, -0.05) is 33.6 Å². The van der Waals surface area contributed by atoms with Crippen LogP contribution in [0.15, 0.2) is 12.4 Å². The monoisotopic (exact) mass is 291 g/mol. The van der Waals surface area contributed by atoms with Crippen LogP contribution in [0.3, 0.4) is 0 Å². The van der Waals surface area contributed by atoms with E-state index in [1.807, 2.05) is 13.8 Å². The van der Waals surface area contributed by atoms with E-state index in [1.54, 1.807) is 0 Å². The maximum Gasteiger partial charge on any atom is 0.0525 e. The number of rotatable bonds is 3. The van der Waals surface area contributed by atoms with Crippen molar-refractivity contribution >= 4 is 0 Å². The summed E-state index contributed by atoms with van der Waals surface area (Å²) >= 11 is 0. The Kier molecular flexibility index (Phi) is 6.28. The lowest BCUT2D eigenvalue weighted by Gasteiger charge is -2.37. The van der Waals surface area contributed by atoms with Crippen LogP contribution < -0.4 is 0 Å². The van der Waals surface area contributed by atoms with Gasteiger partial charge in [-0.2, -0.15) is 5.10 Å². The van der Waals surface area contributed by atoms with E-state index >= 15 is 0 Å². The van der Waals surface area contributed by atoms with E-state index < -0.39 is 0 Å². The van der Waals surface area contributed by atoms with Crippen LogP contribution in [0.2, 0.25) is 0 Å². The Hall–Kier alpha value is -0.830. The summed E-state index contributed by atoms with van der Waals surface area (Å²) in [5, 5.41) is 4.64. The van der Waals surface area contributed by atoms with Gasteiger partial charge in [0.15, 0.2) is 0 Å². The molecule has 0 spiro atoms. The van der Waals surface area contributed by atoms with E-state index in [1.165, 1.54) is 57.2 Å². The molecule has 3 nitrogen and oxygen atoms in total. The van der Waals surface area contributed by atoms with Crippen molar-refractivity contribution in [2.45, 2.75) is 84.2 Å². The molecule has 3 rings (SSSR count). The van der Waals surface area contributed by atoms with Crippen molar-refractivity contribution in [3.8, 4) is 0 Å². The van der Waals surface area contributed by atoms with Gasteiger partial charge < -0.3 is 4.90 Å². The molecule has 21 heavy (non-hydrogen) atoms. The zero-order valence-electron chi connectivity index (χ0n) is 14.4. The molecular formula is C18H33N3. The second kappa shape index (κ2) is 7.98. The van der Waals surface area contributed by atoms with E-state index in [0.717, 1.165) is 6.04 Å². The maximum absolute atomic E-state index is 4.64. The summed E-state index contributed by atoms with van der Waals surface area (Å²) in [6.45, 7) is 11.0. The predicted molar refractivity (Wildman–Crippen MR) is 89.8 cm³/mol. The van der Waals surface area contributed by atoms with Crippen LogP contribution in [0.1, 0.15) is 83.7 Å². The summed E-state index contributed by atoms with van der Waals surface area (Å²) < 4.78 is 2.25. The van der Waals surface area contributed by atoms with Crippen LogP contribution in [-0.4, -0.2) is 33.8 Å². The fourth-order valence-electron chi connectivity index (χ4n) is 3.82. The minimum Gasteiger partial charge on any atom is -0.300 e. The third kappa shape index (κ3) is 3.88. The van der Waals surface area contributed by atoms with Crippen molar-refractivity contribution in [3.05, 3.63) is 18.0 Å². The highest BCUT2D eigenvalue weighted by atomic mass is 15.3. The number of hydrogen-bond donors (Lipinski definition) is 0. The minimum atomic E-state index is 0.679. The second-order valence-corrected chi connectivity index (χ2v) is 6.40. The average Bonchev–Trinajstić information content (AvgIpc) is 3.21. The molecule has 0 aromatic carbocycles. The molecule has 120 valence electrons. The van der Waals surface area contributed by atoms with Gasteiger partial charge in [-0.3, -0.25) is 4.68 Å². The first-order valence-corrected chi connectivity index (χ1v) is 9.06. The molecule has 1 aliphatic heterocycles. The van der Waals surface area contributed by atoms with Crippen LogP contribution in [0, 0.1) is 0 Å². The molecule has 2 heterocycles. The van der Waals surface area contributed by atoms with Crippen LogP contribution >= 0.6 is 0 Å². The number of likely N-dealkylation sites (N-methyl/N-ethyl adjacent to an activating group) is 1. The highest BCUT2D eigenvalue weighted by Gasteiger charge is 2.27. The molecule has 1 saturated heterocycles. The topological polar surface area (TPSA) is 21.1 Å². The molecule has 0 unspecified atom stereocenters. The molecule has 0 N–H and O–H groups in total. The largest absolute Gasteiger partial charge is 0.300 e. The number of piperidine rings is 1. The van der Waals surface area contributed by atoms with Gasteiger partial charge in [0.2, 0.25) is 0 Å². The van der Waals surface area contributed by atoms with Crippen molar-refractivity contribution in [1.82, 2.24) is 14.7 Å². The van der Waals surface area contributed by atoms with Crippen molar-refractivity contribution < 1.29 is 0 Å². The van der Waals surface area contributed by atoms with Crippen LogP contribution in [0.4, 0.5) is 0 Å². The second-order valence-electron chi connectivity index (χ2n) is 6.40. The molecule has 2 aliphatic rings. The van der Waals surface area contributed by atoms with Gasteiger partial charge in [0.25, 0.3) is 0 Å². The predicted octanol–water partition coefficient (Wildman–Crippen LogP) is 4.61. The highest BCUT2D eigenvalue weighted by Crippen LogP contribution is 2.32. The molecule has 2 fully saturated rings. The molecule has 0 bridgehead atoms. The molecule has 1 aromatic heterocycles. The Morgan fingerprint density at radius 1 is 1.14 bits per heavy atom. The van der Waals surface area contributed by atoms with E-state index in [0.29, 0.717) is 12.0 Å². The number of nitrogens with zero attached hydrogens (tertiary/aromatic N) is 3. The summed E-state index contributed by atoms with van der Waals surface area (Å²) in [5.41, 5.74) is 1.47. The first-order chi connectivity index (χ1) is 10.3. The summed E-state index contributed by atoms with van der Waals surface area (Å²) in [7, 11) is 0. The van der Waals surface area contributed by atoms with E-state index in [4.69, 9.17) is 0 Å². The number of hydrogen-bond acceptors (Lipinski definition) is 2. The third-order valence-electron chi connectivity index (χ3n) is 5.21. The molecule has 3 heteroatoms. The molecule has 2 atom stereocenters. The molecule has 1 saturated carbocycles. The summed E-state index contributed by atoms with van der Waals surface area (Å²) in [5.74, 6) is 0.700. The fraction of sp³-hybridized carbons (Fsp3) is 0.833. The van der Waals surface area contributed by atoms with Crippen molar-refractivity contribution in [2.75, 3.05) is 13.1 Å². The number of aromatic nitrogens is 2. The minimum absolute atomic E-state index is 0.679. The Balaban J connectivity index is 0.000000774. The smallest absolute Gasteiger partial charge is 0.0525 e. The first kappa shape index (κ1) is 16.5.